The van der Waals surface area contributed by atoms with Gasteiger partial charge in [-0.2, -0.15) is 0 Å². The maximum atomic E-state index is 12.6. The highest BCUT2D eigenvalue weighted by Crippen LogP contribution is 2.33. The number of hydrogen-bond donors (Lipinski definition) is 2. The fourth-order valence-electron chi connectivity index (χ4n) is 3.84. The number of rotatable bonds is 5. The molecule has 1 saturated heterocycles. The molecule has 0 aromatic heterocycles. The van der Waals surface area contributed by atoms with Gasteiger partial charge in [-0.1, -0.05) is 36.4 Å². The maximum absolute atomic E-state index is 12.6. The van der Waals surface area contributed by atoms with Gasteiger partial charge in [0.2, 0.25) is 11.8 Å². The molecule has 1 aromatic rings. The molecule has 3 amide bonds. The zero-order chi connectivity index (χ0) is 21.1. The van der Waals surface area contributed by atoms with Crippen molar-refractivity contribution in [3.8, 4) is 0 Å². The van der Waals surface area contributed by atoms with E-state index < -0.39 is 6.04 Å². The zero-order valence-corrected chi connectivity index (χ0v) is 17.9. The first kappa shape index (κ1) is 21.4. The van der Waals surface area contributed by atoms with Crippen molar-refractivity contribution in [1.29, 1.82) is 0 Å². The summed E-state index contributed by atoms with van der Waals surface area (Å²) in [6.45, 7) is 5.42. The van der Waals surface area contributed by atoms with Gasteiger partial charge in [-0.15, -0.1) is 0 Å². The van der Waals surface area contributed by atoms with Gasteiger partial charge < -0.3 is 10.6 Å². The fraction of sp³-hybridized carbons (Fsp3) is 0.500. The number of hydrogen-bond acceptors (Lipinski definition) is 4. The van der Waals surface area contributed by atoms with Crippen LogP contribution < -0.4 is 15.5 Å². The van der Waals surface area contributed by atoms with Crippen molar-refractivity contribution in [2.75, 3.05) is 10.2 Å². The number of nitrogens with zero attached hydrogens (tertiary/aromatic N) is 1. The highest BCUT2D eigenvalue weighted by atomic mass is 35.5. The van der Waals surface area contributed by atoms with Gasteiger partial charge in [-0.25, -0.2) is 4.90 Å². The van der Waals surface area contributed by atoms with Gasteiger partial charge in [-0.05, 0) is 51.8 Å². The van der Waals surface area contributed by atoms with Crippen LogP contribution >= 0.6 is 11.6 Å². The van der Waals surface area contributed by atoms with E-state index in [1.165, 1.54) is 11.3 Å². The Morgan fingerprint density at radius 1 is 1.17 bits per heavy atom. The molecule has 0 radical (unpaired) electrons. The molecule has 1 heterocycles. The summed E-state index contributed by atoms with van der Waals surface area (Å²) in [7, 11) is 0. The van der Waals surface area contributed by atoms with Gasteiger partial charge in [0.1, 0.15) is 6.04 Å². The van der Waals surface area contributed by atoms with Gasteiger partial charge in [0.05, 0.1) is 22.8 Å². The van der Waals surface area contributed by atoms with Gasteiger partial charge in [0.15, 0.2) is 0 Å². The average Bonchev–Trinajstić information content (AvgIpc) is 2.99. The summed E-state index contributed by atoms with van der Waals surface area (Å²) in [6.07, 6.45) is 5.65. The molecule has 1 saturated carbocycles. The quantitative estimate of drug-likeness (QED) is 0.556. The molecule has 1 aliphatic heterocycles. The van der Waals surface area contributed by atoms with Crippen molar-refractivity contribution in [2.45, 2.75) is 71.4 Å². The van der Waals surface area contributed by atoms with Gasteiger partial charge >= 0.3 is 0 Å². The Hall–Kier alpha value is -2.34. The molecular weight excluding hydrogens is 390 g/mol. The summed E-state index contributed by atoms with van der Waals surface area (Å²) < 4.78 is 0. The Morgan fingerprint density at radius 3 is 2.48 bits per heavy atom. The normalized spacial score (nSPS) is 18.8. The number of imide groups is 1. The Bertz CT molecular complexity index is 855. The van der Waals surface area contributed by atoms with Crippen LogP contribution in [0, 0.1) is 0 Å². The standard InChI is InChI=1S/C22H28ClN3O3/c1-13(2)17-12-20(27)26(22(17)29)16-9-10-18(23)19(11-16)24-14(3)21(28)25-15-7-5-4-6-8-15/h9-11,14-15,24H,4-8,12H2,1-3H3,(H,25,28). The lowest BCUT2D eigenvalue weighted by molar-refractivity contribution is -0.123. The lowest BCUT2D eigenvalue weighted by atomic mass is 9.95. The Kier molecular flexibility index (Phi) is 6.63. The SMILES string of the molecule is CC(C)=C1CC(=O)N(c2ccc(Cl)c(NC(C)C(=O)NC3CCCCC3)c2)C1=O. The number of benzene rings is 1. The van der Waals surface area contributed by atoms with Crippen LogP contribution in [0.1, 0.15) is 59.3 Å². The zero-order valence-electron chi connectivity index (χ0n) is 17.2. The summed E-state index contributed by atoms with van der Waals surface area (Å²) in [5, 5.41) is 6.64. The predicted octanol–water partition coefficient (Wildman–Crippen LogP) is 4.19. The van der Waals surface area contributed by atoms with E-state index in [1.807, 2.05) is 13.8 Å². The highest BCUT2D eigenvalue weighted by Gasteiger charge is 2.35. The molecule has 29 heavy (non-hydrogen) atoms. The van der Waals surface area contributed by atoms with Crippen LogP contribution in [0.3, 0.4) is 0 Å². The molecule has 2 N–H and O–H groups in total. The number of halogens is 1. The van der Waals surface area contributed by atoms with Crippen molar-refractivity contribution in [2.24, 2.45) is 0 Å². The maximum Gasteiger partial charge on any atom is 0.261 e. The van der Waals surface area contributed by atoms with E-state index in [2.05, 4.69) is 10.6 Å². The molecule has 6 nitrogen and oxygen atoms in total. The Labute approximate surface area is 176 Å². The monoisotopic (exact) mass is 417 g/mol. The van der Waals surface area contributed by atoms with Crippen molar-refractivity contribution in [3.63, 3.8) is 0 Å². The van der Waals surface area contributed by atoms with Gasteiger partial charge in [-0.3, -0.25) is 14.4 Å². The molecular formula is C22H28ClN3O3. The van der Waals surface area contributed by atoms with Crippen LogP contribution in [0.4, 0.5) is 11.4 Å². The topological polar surface area (TPSA) is 78.5 Å². The minimum Gasteiger partial charge on any atom is -0.373 e. The third-order valence-corrected chi connectivity index (χ3v) is 5.90. The lowest BCUT2D eigenvalue weighted by Crippen LogP contribution is -2.44. The van der Waals surface area contributed by atoms with Crippen molar-refractivity contribution in [3.05, 3.63) is 34.4 Å². The molecule has 3 rings (SSSR count). The first-order chi connectivity index (χ1) is 13.8. The Morgan fingerprint density at radius 2 is 1.86 bits per heavy atom. The number of amides is 3. The number of carbonyl (C=O) groups excluding carboxylic acids is 3. The second kappa shape index (κ2) is 8.99. The second-order valence-electron chi connectivity index (χ2n) is 8.06. The molecule has 0 bridgehead atoms. The molecule has 2 aliphatic rings. The number of anilines is 2. The summed E-state index contributed by atoms with van der Waals surface area (Å²) in [6, 6.07) is 4.65. The van der Waals surface area contributed by atoms with Crippen LogP contribution in [-0.4, -0.2) is 29.8 Å². The Balaban J connectivity index is 1.74. The van der Waals surface area contributed by atoms with Crippen LogP contribution in [0.5, 0.6) is 0 Å². The average molecular weight is 418 g/mol. The highest BCUT2D eigenvalue weighted by molar-refractivity contribution is 6.34. The van der Waals surface area contributed by atoms with E-state index in [9.17, 15) is 14.4 Å². The molecule has 1 unspecified atom stereocenters. The van der Waals surface area contributed by atoms with Gasteiger partial charge in [0.25, 0.3) is 5.91 Å². The van der Waals surface area contributed by atoms with Crippen LogP contribution in [0.25, 0.3) is 0 Å². The lowest BCUT2D eigenvalue weighted by Gasteiger charge is -2.25. The molecule has 2 fully saturated rings. The summed E-state index contributed by atoms with van der Waals surface area (Å²) in [5.74, 6) is -0.646. The first-order valence-electron chi connectivity index (χ1n) is 10.2. The molecule has 1 aromatic carbocycles. The molecule has 156 valence electrons. The van der Waals surface area contributed by atoms with Gasteiger partial charge in [0, 0.05) is 11.6 Å². The smallest absolute Gasteiger partial charge is 0.261 e. The first-order valence-corrected chi connectivity index (χ1v) is 10.6. The number of nitrogens with one attached hydrogen (secondary N) is 2. The second-order valence-corrected chi connectivity index (χ2v) is 8.47. The van der Waals surface area contributed by atoms with Crippen molar-refractivity contribution >= 4 is 40.7 Å². The van der Waals surface area contributed by atoms with E-state index in [-0.39, 0.29) is 30.2 Å². The summed E-state index contributed by atoms with van der Waals surface area (Å²) in [4.78, 5) is 38.8. The minimum atomic E-state index is -0.497. The van der Waals surface area contributed by atoms with E-state index in [1.54, 1.807) is 25.1 Å². The van der Waals surface area contributed by atoms with E-state index in [0.717, 1.165) is 31.3 Å². The molecule has 1 aliphatic carbocycles. The molecule has 7 heteroatoms. The summed E-state index contributed by atoms with van der Waals surface area (Å²) >= 11 is 6.30. The van der Waals surface area contributed by atoms with E-state index >= 15 is 0 Å². The summed E-state index contributed by atoms with van der Waals surface area (Å²) in [5.41, 5.74) is 2.33. The van der Waals surface area contributed by atoms with Crippen LogP contribution in [-0.2, 0) is 14.4 Å². The number of carbonyl (C=O) groups is 3. The van der Waals surface area contributed by atoms with E-state index in [4.69, 9.17) is 11.6 Å². The van der Waals surface area contributed by atoms with E-state index in [0.29, 0.717) is 22.0 Å². The third-order valence-electron chi connectivity index (χ3n) is 5.57. The van der Waals surface area contributed by atoms with Crippen molar-refractivity contribution in [1.82, 2.24) is 5.32 Å². The molecule has 0 spiro atoms. The fourth-order valence-corrected chi connectivity index (χ4v) is 4.01. The van der Waals surface area contributed by atoms with Crippen molar-refractivity contribution < 1.29 is 14.4 Å². The van der Waals surface area contributed by atoms with Crippen LogP contribution in [0.15, 0.2) is 29.3 Å². The minimum absolute atomic E-state index is 0.0847. The largest absolute Gasteiger partial charge is 0.373 e. The predicted molar refractivity (Wildman–Crippen MR) is 115 cm³/mol. The number of allylic oxidation sites excluding steroid dienone is 1. The molecule has 1 atom stereocenters. The third kappa shape index (κ3) is 4.81. The van der Waals surface area contributed by atoms with Crippen LogP contribution in [0.2, 0.25) is 5.02 Å².